The van der Waals surface area contributed by atoms with E-state index in [1.165, 1.54) is 22.4 Å². The number of thioether (sulfide) groups is 1. The highest BCUT2D eigenvalue weighted by molar-refractivity contribution is 7.99. The van der Waals surface area contributed by atoms with Crippen LogP contribution in [-0.2, 0) is 17.0 Å². The fraction of sp³-hybridized carbons (Fsp3) is 0.407. The number of anilines is 1. The smallest absolute Gasteiger partial charge is 0.232 e. The van der Waals surface area contributed by atoms with E-state index in [9.17, 15) is 4.79 Å². The molecule has 1 aliphatic heterocycles. The second-order valence-corrected chi connectivity index (χ2v) is 9.64. The van der Waals surface area contributed by atoms with Gasteiger partial charge in [0.1, 0.15) is 5.76 Å². The Morgan fingerprint density at radius 1 is 1.03 bits per heavy atom. The van der Waals surface area contributed by atoms with Crippen molar-refractivity contribution in [1.82, 2.24) is 9.88 Å². The minimum atomic E-state index is 0.206. The first-order valence-corrected chi connectivity index (χ1v) is 12.8. The Labute approximate surface area is 201 Å². The van der Waals surface area contributed by atoms with Gasteiger partial charge in [-0.2, -0.15) is 0 Å². The van der Waals surface area contributed by atoms with E-state index in [4.69, 9.17) is 4.42 Å². The average molecular weight is 464 g/mol. The lowest BCUT2D eigenvalue weighted by Gasteiger charge is -2.37. The largest absolute Gasteiger partial charge is 0.441 e. The Bertz CT molecular complexity index is 1100. The molecule has 0 spiro atoms. The molecule has 5 nitrogen and oxygen atoms in total. The Balaban J connectivity index is 1.27. The fourth-order valence-corrected chi connectivity index (χ4v) is 5.09. The third-order valence-electron chi connectivity index (χ3n) is 6.52. The summed E-state index contributed by atoms with van der Waals surface area (Å²) in [5, 5.41) is 0. The van der Waals surface area contributed by atoms with Crippen LogP contribution in [0.1, 0.15) is 35.1 Å². The maximum atomic E-state index is 12.8. The number of oxazole rings is 1. The standard InChI is InChI=1S/C27H33N3O2S/c1-5-22-9-11-23(12-10-22)27-28-24(21(4)32-27)17-33-18-26(31)30-15-13-29(14-16-30)25-8-6-7-19(2)20(25)3/h6-12H,5,13-18H2,1-4H3. The lowest BCUT2D eigenvalue weighted by molar-refractivity contribution is -0.128. The van der Waals surface area contributed by atoms with E-state index in [1.807, 2.05) is 11.8 Å². The molecule has 2 heterocycles. The van der Waals surface area contributed by atoms with E-state index in [2.05, 4.69) is 73.1 Å². The molecule has 2 aromatic carbocycles. The van der Waals surface area contributed by atoms with Crippen molar-refractivity contribution in [3.05, 3.63) is 70.6 Å². The second kappa shape index (κ2) is 10.5. The number of rotatable bonds is 7. The lowest BCUT2D eigenvalue weighted by Crippen LogP contribution is -2.49. The van der Waals surface area contributed by atoms with Gasteiger partial charge < -0.3 is 14.2 Å². The van der Waals surface area contributed by atoms with Gasteiger partial charge in [0.2, 0.25) is 11.8 Å². The maximum Gasteiger partial charge on any atom is 0.232 e. The van der Waals surface area contributed by atoms with E-state index in [-0.39, 0.29) is 5.91 Å². The summed E-state index contributed by atoms with van der Waals surface area (Å²) in [6.45, 7) is 11.7. The van der Waals surface area contributed by atoms with Crippen molar-refractivity contribution in [2.24, 2.45) is 0 Å². The number of piperazine rings is 1. The lowest BCUT2D eigenvalue weighted by atomic mass is 10.1. The zero-order valence-electron chi connectivity index (χ0n) is 20.1. The van der Waals surface area contributed by atoms with Gasteiger partial charge in [0.15, 0.2) is 0 Å². The highest BCUT2D eigenvalue weighted by Gasteiger charge is 2.22. The van der Waals surface area contributed by atoms with Gasteiger partial charge in [-0.3, -0.25) is 4.79 Å². The van der Waals surface area contributed by atoms with Crippen LogP contribution in [-0.4, -0.2) is 47.7 Å². The first-order valence-electron chi connectivity index (χ1n) is 11.7. The SMILES string of the molecule is CCc1ccc(-c2nc(CSCC(=O)N3CCN(c4cccc(C)c4C)CC3)c(C)o2)cc1. The number of hydrogen-bond acceptors (Lipinski definition) is 5. The van der Waals surface area contributed by atoms with E-state index in [0.29, 0.717) is 17.4 Å². The van der Waals surface area contributed by atoms with Gasteiger partial charge in [0.25, 0.3) is 0 Å². The number of carbonyl (C=O) groups excluding carboxylic acids is 1. The Morgan fingerprint density at radius 2 is 1.76 bits per heavy atom. The van der Waals surface area contributed by atoms with E-state index in [0.717, 1.165) is 49.6 Å². The minimum Gasteiger partial charge on any atom is -0.441 e. The molecule has 0 bridgehead atoms. The van der Waals surface area contributed by atoms with E-state index >= 15 is 0 Å². The average Bonchev–Trinajstić information content (AvgIpc) is 3.21. The molecule has 0 N–H and O–H groups in total. The summed E-state index contributed by atoms with van der Waals surface area (Å²) in [4.78, 5) is 21.8. The van der Waals surface area contributed by atoms with Crippen LogP contribution in [0.3, 0.4) is 0 Å². The van der Waals surface area contributed by atoms with Crippen LogP contribution in [0.15, 0.2) is 46.9 Å². The molecule has 0 radical (unpaired) electrons. The monoisotopic (exact) mass is 463 g/mol. The van der Waals surface area contributed by atoms with Gasteiger partial charge in [-0.15, -0.1) is 11.8 Å². The number of aryl methyl sites for hydroxylation is 3. The first-order chi connectivity index (χ1) is 16.0. The van der Waals surface area contributed by atoms with Crippen LogP contribution in [0.2, 0.25) is 0 Å². The summed E-state index contributed by atoms with van der Waals surface area (Å²) < 4.78 is 5.89. The van der Waals surface area contributed by atoms with Crippen molar-refractivity contribution in [3.63, 3.8) is 0 Å². The highest BCUT2D eigenvalue weighted by Crippen LogP contribution is 2.26. The van der Waals surface area contributed by atoms with Gasteiger partial charge in [-0.25, -0.2) is 4.98 Å². The minimum absolute atomic E-state index is 0.206. The Morgan fingerprint density at radius 3 is 2.45 bits per heavy atom. The molecule has 1 aliphatic rings. The fourth-order valence-electron chi connectivity index (χ4n) is 4.17. The second-order valence-electron chi connectivity index (χ2n) is 8.65. The summed E-state index contributed by atoms with van der Waals surface area (Å²) >= 11 is 1.61. The van der Waals surface area contributed by atoms with Crippen LogP contribution in [0.4, 0.5) is 5.69 Å². The summed E-state index contributed by atoms with van der Waals surface area (Å²) in [5.74, 6) is 2.83. The van der Waals surface area contributed by atoms with Crippen molar-refractivity contribution in [1.29, 1.82) is 0 Å². The Hall–Kier alpha value is -2.73. The quantitative estimate of drug-likeness (QED) is 0.469. The molecule has 0 saturated carbocycles. The first kappa shape index (κ1) is 23.4. The molecule has 3 aromatic rings. The number of hydrogen-bond donors (Lipinski definition) is 0. The molecule has 6 heteroatoms. The molecule has 174 valence electrons. The number of benzene rings is 2. The predicted octanol–water partition coefficient (Wildman–Crippen LogP) is 5.41. The molecule has 33 heavy (non-hydrogen) atoms. The van der Waals surface area contributed by atoms with E-state index in [1.54, 1.807) is 11.8 Å². The molecule has 1 amide bonds. The third-order valence-corrected chi connectivity index (χ3v) is 7.44. The summed E-state index contributed by atoms with van der Waals surface area (Å²) in [5.41, 5.74) is 7.14. The molecular weight excluding hydrogens is 430 g/mol. The Kier molecular flexibility index (Phi) is 7.43. The zero-order valence-corrected chi connectivity index (χ0v) is 20.9. The van der Waals surface area contributed by atoms with Gasteiger partial charge in [0.05, 0.1) is 11.4 Å². The van der Waals surface area contributed by atoms with Crippen molar-refractivity contribution in [2.45, 2.75) is 39.9 Å². The van der Waals surface area contributed by atoms with Crippen LogP contribution < -0.4 is 4.90 Å². The van der Waals surface area contributed by atoms with Crippen molar-refractivity contribution in [3.8, 4) is 11.5 Å². The van der Waals surface area contributed by atoms with Gasteiger partial charge >= 0.3 is 0 Å². The predicted molar refractivity (Wildman–Crippen MR) is 137 cm³/mol. The van der Waals surface area contributed by atoms with Crippen LogP contribution in [0.5, 0.6) is 0 Å². The topological polar surface area (TPSA) is 49.6 Å². The van der Waals surface area contributed by atoms with Crippen molar-refractivity contribution >= 4 is 23.4 Å². The zero-order chi connectivity index (χ0) is 23.4. The normalized spacial score (nSPS) is 14.1. The van der Waals surface area contributed by atoms with Crippen LogP contribution >= 0.6 is 11.8 Å². The number of aromatic nitrogens is 1. The number of amides is 1. The maximum absolute atomic E-state index is 12.8. The van der Waals surface area contributed by atoms with Gasteiger partial charge in [-0.05, 0) is 62.1 Å². The molecule has 1 saturated heterocycles. The van der Waals surface area contributed by atoms with Gasteiger partial charge in [-0.1, -0.05) is 31.2 Å². The summed E-state index contributed by atoms with van der Waals surface area (Å²) in [6, 6.07) is 14.8. The molecule has 1 aromatic heterocycles. The molecule has 0 atom stereocenters. The summed E-state index contributed by atoms with van der Waals surface area (Å²) in [7, 11) is 0. The molecule has 1 fully saturated rings. The van der Waals surface area contributed by atoms with Crippen molar-refractivity contribution < 1.29 is 9.21 Å². The van der Waals surface area contributed by atoms with Gasteiger partial charge in [0, 0.05) is 43.2 Å². The third kappa shape index (κ3) is 5.44. The van der Waals surface area contributed by atoms with E-state index < -0.39 is 0 Å². The van der Waals surface area contributed by atoms with Crippen molar-refractivity contribution in [2.75, 3.05) is 36.8 Å². The summed E-state index contributed by atoms with van der Waals surface area (Å²) in [6.07, 6.45) is 1.02. The number of carbonyl (C=O) groups is 1. The molecule has 0 aliphatic carbocycles. The van der Waals surface area contributed by atoms with Crippen LogP contribution in [0.25, 0.3) is 11.5 Å². The molecular formula is C27H33N3O2S. The molecule has 0 unspecified atom stereocenters. The highest BCUT2D eigenvalue weighted by atomic mass is 32.2. The molecule has 4 rings (SSSR count). The van der Waals surface area contributed by atoms with Crippen LogP contribution in [0, 0.1) is 20.8 Å². The number of nitrogens with zero attached hydrogens (tertiary/aromatic N) is 3.